The third kappa shape index (κ3) is 2.46. The van der Waals surface area contributed by atoms with Crippen LogP contribution >= 0.6 is 0 Å². The summed E-state index contributed by atoms with van der Waals surface area (Å²) in [5, 5.41) is 9.45. The average Bonchev–Trinajstić information content (AvgIpc) is 2.78. The first-order valence-corrected chi connectivity index (χ1v) is 5.18. The number of aromatic nitrogens is 2. The zero-order chi connectivity index (χ0) is 13.0. The number of benzene rings is 1. The molecule has 0 fully saturated rings. The Balaban J connectivity index is 2.19. The van der Waals surface area contributed by atoms with Crippen molar-refractivity contribution < 1.29 is 14.2 Å². The van der Waals surface area contributed by atoms with E-state index in [1.165, 1.54) is 0 Å². The van der Waals surface area contributed by atoms with Crippen molar-refractivity contribution in [1.29, 1.82) is 0 Å². The number of ether oxygens (including phenoxy) is 1. The number of amides is 1. The van der Waals surface area contributed by atoms with E-state index in [0.29, 0.717) is 12.3 Å². The van der Waals surface area contributed by atoms with Gasteiger partial charge in [0, 0.05) is 18.4 Å². The number of nitrogens with two attached hydrogens (primary N) is 1. The van der Waals surface area contributed by atoms with Gasteiger partial charge in [0.25, 0.3) is 5.91 Å². The number of para-hydroxylation sites is 1. The smallest absolute Gasteiger partial charge is 0.281 e. The van der Waals surface area contributed by atoms with Crippen molar-refractivity contribution in [2.45, 2.75) is 6.61 Å². The summed E-state index contributed by atoms with van der Waals surface area (Å²) in [7, 11) is 1.58. The molecule has 1 aromatic heterocycles. The van der Waals surface area contributed by atoms with E-state index in [1.54, 1.807) is 19.2 Å². The van der Waals surface area contributed by atoms with Crippen LogP contribution in [0.3, 0.4) is 0 Å². The molecule has 0 spiro atoms. The lowest BCUT2D eigenvalue weighted by Gasteiger charge is -2.08. The van der Waals surface area contributed by atoms with Gasteiger partial charge in [0.05, 0.1) is 6.61 Å². The summed E-state index contributed by atoms with van der Waals surface area (Å²) in [6.45, 7) is 0.392. The molecule has 0 atom stereocenters. The highest BCUT2D eigenvalue weighted by Crippen LogP contribution is 2.17. The largest absolute Gasteiger partial charge is 0.380 e. The van der Waals surface area contributed by atoms with Gasteiger partial charge in [-0.05, 0) is 16.4 Å². The molecule has 0 aliphatic carbocycles. The maximum atomic E-state index is 11.9. The molecule has 0 saturated carbocycles. The van der Waals surface area contributed by atoms with Crippen LogP contribution in [0.2, 0.25) is 0 Å². The first-order valence-electron chi connectivity index (χ1n) is 5.18. The molecule has 94 valence electrons. The molecular formula is C11H12N4O3. The number of hydrogen-bond acceptors (Lipinski definition) is 6. The van der Waals surface area contributed by atoms with Crippen molar-refractivity contribution in [3.63, 3.8) is 0 Å². The number of nitrogens with zero attached hydrogens (tertiary/aromatic N) is 2. The van der Waals surface area contributed by atoms with Crippen molar-refractivity contribution in [2.24, 2.45) is 0 Å². The lowest BCUT2D eigenvalue weighted by atomic mass is 10.2. The van der Waals surface area contributed by atoms with Crippen LogP contribution in [-0.4, -0.2) is 23.3 Å². The Morgan fingerprint density at radius 2 is 2.22 bits per heavy atom. The van der Waals surface area contributed by atoms with Crippen LogP contribution in [0, 0.1) is 0 Å². The van der Waals surface area contributed by atoms with E-state index in [-0.39, 0.29) is 11.5 Å². The maximum absolute atomic E-state index is 11.9. The number of hydrogen-bond donors (Lipinski definition) is 2. The normalized spacial score (nSPS) is 10.3. The molecule has 7 nitrogen and oxygen atoms in total. The number of carbonyl (C=O) groups excluding carboxylic acids is 1. The first kappa shape index (κ1) is 12.1. The molecule has 0 radical (unpaired) electrons. The topological polar surface area (TPSA) is 103 Å². The molecule has 1 aromatic carbocycles. The molecule has 3 N–H and O–H groups in total. The summed E-state index contributed by atoms with van der Waals surface area (Å²) in [5.74, 6) is -0.519. The molecule has 0 saturated heterocycles. The molecule has 7 heteroatoms. The molecule has 2 aromatic rings. The maximum Gasteiger partial charge on any atom is 0.281 e. The van der Waals surface area contributed by atoms with E-state index in [4.69, 9.17) is 10.5 Å². The van der Waals surface area contributed by atoms with Crippen LogP contribution in [0.25, 0.3) is 0 Å². The van der Waals surface area contributed by atoms with Gasteiger partial charge in [-0.25, -0.2) is 4.63 Å². The second-order valence-electron chi connectivity index (χ2n) is 3.54. The molecule has 0 aliphatic rings. The van der Waals surface area contributed by atoms with Gasteiger partial charge in [-0.15, -0.1) is 0 Å². The highest BCUT2D eigenvalue weighted by molar-refractivity contribution is 6.05. The molecule has 2 rings (SSSR count). The molecule has 18 heavy (non-hydrogen) atoms. The third-order valence-electron chi connectivity index (χ3n) is 2.29. The van der Waals surface area contributed by atoms with E-state index in [1.807, 2.05) is 12.1 Å². The average molecular weight is 248 g/mol. The highest BCUT2D eigenvalue weighted by atomic mass is 16.6. The van der Waals surface area contributed by atoms with Crippen molar-refractivity contribution >= 4 is 17.4 Å². The van der Waals surface area contributed by atoms with Gasteiger partial charge in [-0.2, -0.15) is 0 Å². The number of carbonyl (C=O) groups is 1. The summed E-state index contributed by atoms with van der Waals surface area (Å²) in [6.07, 6.45) is 0. The summed E-state index contributed by atoms with van der Waals surface area (Å²) in [6, 6.07) is 7.27. The molecule has 1 amide bonds. The minimum atomic E-state index is -0.475. The predicted molar refractivity (Wildman–Crippen MR) is 63.8 cm³/mol. The van der Waals surface area contributed by atoms with Crippen LogP contribution < -0.4 is 11.1 Å². The lowest BCUT2D eigenvalue weighted by Crippen LogP contribution is -2.15. The molecular weight excluding hydrogens is 236 g/mol. The summed E-state index contributed by atoms with van der Waals surface area (Å²) in [5.41, 5.74) is 6.88. The number of methoxy groups -OCH3 is 1. The predicted octanol–water partition coefficient (Wildman–Crippen LogP) is 1.05. The number of nitrogen functional groups attached to an aromatic ring is 1. The monoisotopic (exact) mass is 248 g/mol. The van der Waals surface area contributed by atoms with E-state index in [2.05, 4.69) is 20.3 Å². The Bertz CT molecular complexity index is 553. The Kier molecular flexibility index (Phi) is 3.54. The van der Waals surface area contributed by atoms with Gasteiger partial charge in [0.15, 0.2) is 0 Å². The van der Waals surface area contributed by atoms with Crippen molar-refractivity contribution in [3.8, 4) is 0 Å². The zero-order valence-corrected chi connectivity index (χ0v) is 9.71. The van der Waals surface area contributed by atoms with Gasteiger partial charge in [-0.1, -0.05) is 18.2 Å². The summed E-state index contributed by atoms with van der Waals surface area (Å²) >= 11 is 0. The minimum Gasteiger partial charge on any atom is -0.380 e. The van der Waals surface area contributed by atoms with Gasteiger partial charge in [-0.3, -0.25) is 4.79 Å². The van der Waals surface area contributed by atoms with Crippen LogP contribution in [0.4, 0.5) is 11.5 Å². The first-order chi connectivity index (χ1) is 8.72. The van der Waals surface area contributed by atoms with Crippen LogP contribution in [0.5, 0.6) is 0 Å². The van der Waals surface area contributed by atoms with Crippen LogP contribution in [0.15, 0.2) is 28.9 Å². The summed E-state index contributed by atoms with van der Waals surface area (Å²) in [4.78, 5) is 11.9. The van der Waals surface area contributed by atoms with E-state index >= 15 is 0 Å². The Labute approximate surface area is 103 Å². The number of anilines is 2. The van der Waals surface area contributed by atoms with E-state index in [0.717, 1.165) is 5.56 Å². The van der Waals surface area contributed by atoms with Gasteiger partial charge >= 0.3 is 0 Å². The number of rotatable bonds is 4. The standard InChI is InChI=1S/C11H12N4O3/c1-17-6-7-4-2-3-5-8(7)13-11(16)9-10(12)15-18-14-9/h2-5H,6H2,1H3,(H2,12,15)(H,13,16). The second kappa shape index (κ2) is 5.28. The fourth-order valence-electron chi connectivity index (χ4n) is 1.46. The van der Waals surface area contributed by atoms with Gasteiger partial charge < -0.3 is 15.8 Å². The highest BCUT2D eigenvalue weighted by Gasteiger charge is 2.16. The van der Waals surface area contributed by atoms with Crippen LogP contribution in [-0.2, 0) is 11.3 Å². The molecule has 0 aliphatic heterocycles. The second-order valence-corrected chi connectivity index (χ2v) is 3.54. The molecule has 0 unspecified atom stereocenters. The minimum absolute atomic E-state index is 0.0396. The third-order valence-corrected chi connectivity index (χ3v) is 2.29. The fraction of sp³-hybridized carbons (Fsp3) is 0.182. The quantitative estimate of drug-likeness (QED) is 0.838. The van der Waals surface area contributed by atoms with Crippen molar-refractivity contribution in [3.05, 3.63) is 35.5 Å². The zero-order valence-electron chi connectivity index (χ0n) is 9.71. The van der Waals surface area contributed by atoms with Gasteiger partial charge in [0.2, 0.25) is 11.5 Å². The van der Waals surface area contributed by atoms with Gasteiger partial charge in [0.1, 0.15) is 0 Å². The Morgan fingerprint density at radius 3 is 2.89 bits per heavy atom. The Morgan fingerprint density at radius 1 is 1.44 bits per heavy atom. The van der Waals surface area contributed by atoms with Crippen LogP contribution in [0.1, 0.15) is 16.1 Å². The number of nitrogens with one attached hydrogen (secondary N) is 1. The van der Waals surface area contributed by atoms with Crippen molar-refractivity contribution in [1.82, 2.24) is 10.3 Å². The summed E-state index contributed by atoms with van der Waals surface area (Å²) < 4.78 is 9.41. The lowest BCUT2D eigenvalue weighted by molar-refractivity contribution is 0.101. The molecule has 0 bridgehead atoms. The Hall–Kier alpha value is -2.41. The van der Waals surface area contributed by atoms with Crippen molar-refractivity contribution in [2.75, 3.05) is 18.2 Å². The van der Waals surface area contributed by atoms with E-state index in [9.17, 15) is 4.79 Å². The molecule has 1 heterocycles. The fourth-order valence-corrected chi connectivity index (χ4v) is 1.46. The SMILES string of the molecule is COCc1ccccc1NC(=O)c1nonc1N. The van der Waals surface area contributed by atoms with E-state index < -0.39 is 5.91 Å².